The maximum atomic E-state index is 15.8. The van der Waals surface area contributed by atoms with Crippen molar-refractivity contribution in [1.29, 1.82) is 0 Å². The standard InChI is InChI=1S/C29H36F6N2S2/c1-15-21(25(17(3)38-15)36-19-11-7-5-8-12-19)23-24(28(32,33)29(34,35)27(23,30)31)22-16(2)39-18(4)26(22)37-20-13-9-6-10-14-20/h15-16,19-20,36-37H,3-14H2,1-2H3. The van der Waals surface area contributed by atoms with E-state index in [1.54, 1.807) is 13.8 Å². The van der Waals surface area contributed by atoms with Crippen LogP contribution in [0.5, 0.6) is 0 Å². The molecule has 0 aromatic heterocycles. The summed E-state index contributed by atoms with van der Waals surface area (Å²) in [7, 11) is 0. The minimum Gasteiger partial charge on any atom is -0.381 e. The fourth-order valence-electron chi connectivity index (χ4n) is 6.68. The van der Waals surface area contributed by atoms with Crippen LogP contribution in [0.2, 0.25) is 0 Å². The minimum absolute atomic E-state index is 0.0463. The highest BCUT2D eigenvalue weighted by molar-refractivity contribution is 8.04. The minimum atomic E-state index is -5.58. The molecule has 2 N–H and O–H groups in total. The predicted octanol–water partition coefficient (Wildman–Crippen LogP) is 8.85. The molecule has 0 spiro atoms. The molecule has 0 saturated heterocycles. The first kappa shape index (κ1) is 29.1. The van der Waals surface area contributed by atoms with Crippen molar-refractivity contribution in [2.45, 2.75) is 118 Å². The lowest BCUT2D eigenvalue weighted by Crippen LogP contribution is -2.50. The summed E-state index contributed by atoms with van der Waals surface area (Å²) in [5, 5.41) is 5.06. The van der Waals surface area contributed by atoms with Gasteiger partial charge in [0.25, 0.3) is 0 Å². The topological polar surface area (TPSA) is 24.1 Å². The molecule has 0 aromatic rings. The van der Waals surface area contributed by atoms with Crippen LogP contribution in [0.25, 0.3) is 0 Å². The Morgan fingerprint density at radius 2 is 0.949 bits per heavy atom. The molecule has 2 fully saturated rings. The zero-order valence-corrected chi connectivity index (χ0v) is 24.0. The van der Waals surface area contributed by atoms with Gasteiger partial charge in [-0.15, -0.1) is 23.5 Å². The molecule has 2 atom stereocenters. The van der Waals surface area contributed by atoms with Gasteiger partial charge in [-0.2, -0.15) is 26.3 Å². The van der Waals surface area contributed by atoms with Crippen LogP contribution in [0, 0.1) is 0 Å². The third kappa shape index (κ3) is 4.69. The Kier molecular flexibility index (Phi) is 7.79. The molecule has 5 aliphatic rings. The maximum absolute atomic E-state index is 15.8. The number of halogens is 6. The molecule has 216 valence electrons. The Balaban J connectivity index is 1.74. The maximum Gasteiger partial charge on any atom is 0.380 e. The van der Waals surface area contributed by atoms with Crippen LogP contribution >= 0.6 is 23.5 Å². The van der Waals surface area contributed by atoms with E-state index >= 15 is 26.3 Å². The van der Waals surface area contributed by atoms with Crippen molar-refractivity contribution in [3.05, 3.63) is 56.7 Å². The van der Waals surface area contributed by atoms with Crippen LogP contribution in [0.3, 0.4) is 0 Å². The highest BCUT2D eigenvalue weighted by atomic mass is 32.2. The second-order valence-corrected chi connectivity index (χ2v) is 14.2. The molecule has 39 heavy (non-hydrogen) atoms. The van der Waals surface area contributed by atoms with Crippen molar-refractivity contribution >= 4 is 23.5 Å². The smallest absolute Gasteiger partial charge is 0.380 e. The predicted molar refractivity (Wildman–Crippen MR) is 148 cm³/mol. The molecule has 2 aliphatic heterocycles. The lowest BCUT2D eigenvalue weighted by Gasteiger charge is -2.28. The quantitative estimate of drug-likeness (QED) is 0.302. The number of alkyl halides is 6. The molecule has 2 nitrogen and oxygen atoms in total. The Bertz CT molecular complexity index is 1060. The van der Waals surface area contributed by atoms with Gasteiger partial charge in [-0.3, -0.25) is 0 Å². The van der Waals surface area contributed by atoms with Gasteiger partial charge in [0, 0.05) is 43.5 Å². The van der Waals surface area contributed by atoms with Gasteiger partial charge in [-0.05, 0) is 50.7 Å². The molecule has 5 rings (SSSR count). The van der Waals surface area contributed by atoms with E-state index in [2.05, 4.69) is 23.8 Å². The van der Waals surface area contributed by atoms with Crippen LogP contribution < -0.4 is 10.6 Å². The average Bonchev–Trinajstić information content (AvgIpc) is 3.34. The average molecular weight is 591 g/mol. The third-order valence-corrected chi connectivity index (χ3v) is 10.8. The van der Waals surface area contributed by atoms with Gasteiger partial charge in [0.15, 0.2) is 0 Å². The first-order chi connectivity index (χ1) is 18.3. The van der Waals surface area contributed by atoms with Crippen LogP contribution in [-0.4, -0.2) is 40.4 Å². The van der Waals surface area contributed by atoms with E-state index < -0.39 is 39.4 Å². The van der Waals surface area contributed by atoms with Crippen molar-refractivity contribution in [3.63, 3.8) is 0 Å². The van der Waals surface area contributed by atoms with Gasteiger partial charge < -0.3 is 10.6 Å². The van der Waals surface area contributed by atoms with E-state index in [1.165, 1.54) is 0 Å². The van der Waals surface area contributed by atoms with Crippen molar-refractivity contribution in [3.8, 4) is 0 Å². The van der Waals surface area contributed by atoms with Crippen molar-refractivity contribution < 1.29 is 26.3 Å². The number of hydrogen-bond donors (Lipinski definition) is 2. The van der Waals surface area contributed by atoms with E-state index in [9.17, 15) is 0 Å². The lowest BCUT2D eigenvalue weighted by atomic mass is 9.88. The van der Waals surface area contributed by atoms with E-state index in [-0.39, 0.29) is 34.6 Å². The number of rotatable bonds is 6. The SMILES string of the molecule is C=C1SC(C)C(C2=C(C3=C(NC4CCCCC4)C(=C)SC3C)C(F)(F)C(F)(F)C2(F)F)=C1NC1CCCCC1. The molecule has 2 heterocycles. The van der Waals surface area contributed by atoms with Crippen LogP contribution in [0.15, 0.2) is 56.7 Å². The van der Waals surface area contributed by atoms with Crippen LogP contribution in [0.1, 0.15) is 78.1 Å². The first-order valence-electron chi connectivity index (χ1n) is 13.9. The lowest BCUT2D eigenvalue weighted by molar-refractivity contribution is -0.264. The van der Waals surface area contributed by atoms with Gasteiger partial charge >= 0.3 is 17.8 Å². The molecule has 0 aromatic carbocycles. The summed E-state index contributed by atoms with van der Waals surface area (Å²) in [4.78, 5) is 0.828. The van der Waals surface area contributed by atoms with Gasteiger partial charge in [0.2, 0.25) is 0 Å². The summed E-state index contributed by atoms with van der Waals surface area (Å²) in [6.45, 7) is 11.2. The number of thioether (sulfide) groups is 2. The van der Waals surface area contributed by atoms with Crippen LogP contribution in [0.4, 0.5) is 26.3 Å². The fraction of sp³-hybridized carbons (Fsp3) is 0.655. The molecule has 10 heteroatoms. The number of allylic oxidation sites excluding steroid dienone is 2. The Hall–Kier alpha value is -1.42. The van der Waals surface area contributed by atoms with Crippen molar-refractivity contribution in [1.82, 2.24) is 10.6 Å². The monoisotopic (exact) mass is 590 g/mol. The molecular formula is C29H36F6N2S2. The van der Waals surface area contributed by atoms with E-state index in [0.29, 0.717) is 9.81 Å². The third-order valence-electron chi connectivity index (χ3n) is 8.66. The molecule has 0 radical (unpaired) electrons. The summed E-state index contributed by atoms with van der Waals surface area (Å²) in [6, 6.07) is -0.0926. The molecule has 0 amide bonds. The molecule has 2 saturated carbocycles. The molecule has 3 aliphatic carbocycles. The highest BCUT2D eigenvalue weighted by Crippen LogP contribution is 2.66. The summed E-state index contributed by atoms with van der Waals surface area (Å²) < 4.78 is 93.8. The molecule has 2 unspecified atom stereocenters. The number of nitrogens with one attached hydrogen (secondary N) is 2. The van der Waals surface area contributed by atoms with Crippen molar-refractivity contribution in [2.24, 2.45) is 0 Å². The van der Waals surface area contributed by atoms with E-state index in [4.69, 9.17) is 0 Å². The first-order valence-corrected chi connectivity index (χ1v) is 15.7. The highest BCUT2D eigenvalue weighted by Gasteiger charge is 2.81. The second kappa shape index (κ2) is 10.4. The van der Waals surface area contributed by atoms with E-state index in [0.717, 1.165) is 87.7 Å². The normalized spacial score (nSPS) is 31.6. The summed E-state index contributed by atoms with van der Waals surface area (Å²) in [6.07, 6.45) is 9.13. The largest absolute Gasteiger partial charge is 0.381 e. The van der Waals surface area contributed by atoms with Gasteiger partial charge in [-0.1, -0.05) is 51.7 Å². The van der Waals surface area contributed by atoms with Gasteiger partial charge in [0.1, 0.15) is 0 Å². The summed E-state index contributed by atoms with van der Waals surface area (Å²) in [5.74, 6) is -15.7. The zero-order chi connectivity index (χ0) is 28.3. The molecule has 0 bridgehead atoms. The Labute approximate surface area is 235 Å². The Morgan fingerprint density at radius 3 is 1.28 bits per heavy atom. The number of hydrogen-bond acceptors (Lipinski definition) is 4. The van der Waals surface area contributed by atoms with Crippen LogP contribution in [-0.2, 0) is 0 Å². The molecular weight excluding hydrogens is 554 g/mol. The fourth-order valence-corrected chi connectivity index (χ4v) is 8.81. The second-order valence-electron chi connectivity index (χ2n) is 11.4. The Morgan fingerprint density at radius 1 is 0.615 bits per heavy atom. The zero-order valence-electron chi connectivity index (χ0n) is 22.4. The van der Waals surface area contributed by atoms with Gasteiger partial charge in [0.05, 0.1) is 11.4 Å². The van der Waals surface area contributed by atoms with E-state index in [1.807, 2.05) is 0 Å². The summed E-state index contributed by atoms with van der Waals surface area (Å²) in [5.41, 5.74) is -2.42. The summed E-state index contributed by atoms with van der Waals surface area (Å²) >= 11 is 2.29. The van der Waals surface area contributed by atoms with Gasteiger partial charge in [-0.25, -0.2) is 0 Å². The van der Waals surface area contributed by atoms with Crippen molar-refractivity contribution in [2.75, 3.05) is 0 Å².